The largest absolute Gasteiger partial charge is 0.492 e. The first-order valence-electron chi connectivity index (χ1n) is 7.88. The third-order valence-electron chi connectivity index (χ3n) is 4.03. The SMILES string of the molecule is CN(C)C(=O)c1cccc(NC(=O)C2COc3ccccc3C2)c1. The van der Waals surface area contributed by atoms with Crippen LogP contribution >= 0.6 is 0 Å². The highest BCUT2D eigenvalue weighted by atomic mass is 16.5. The number of hydrogen-bond donors (Lipinski definition) is 1. The molecule has 0 spiro atoms. The van der Waals surface area contributed by atoms with Crippen LogP contribution < -0.4 is 10.1 Å². The first-order valence-corrected chi connectivity index (χ1v) is 7.88. The van der Waals surface area contributed by atoms with Crippen molar-refractivity contribution in [3.8, 4) is 5.75 Å². The molecular formula is C19H20N2O3. The van der Waals surface area contributed by atoms with E-state index in [0.717, 1.165) is 11.3 Å². The van der Waals surface area contributed by atoms with Gasteiger partial charge in [-0.25, -0.2) is 0 Å². The molecule has 0 bridgehead atoms. The molecule has 2 aromatic rings. The van der Waals surface area contributed by atoms with Crippen LogP contribution in [-0.2, 0) is 11.2 Å². The first kappa shape index (κ1) is 16.1. The maximum atomic E-state index is 12.5. The lowest BCUT2D eigenvalue weighted by atomic mass is 9.96. The van der Waals surface area contributed by atoms with Crippen molar-refractivity contribution in [1.82, 2.24) is 4.90 Å². The van der Waals surface area contributed by atoms with Gasteiger partial charge in [0, 0.05) is 25.3 Å². The fourth-order valence-corrected chi connectivity index (χ4v) is 2.73. The van der Waals surface area contributed by atoms with Crippen LogP contribution in [0.15, 0.2) is 48.5 Å². The van der Waals surface area contributed by atoms with E-state index in [4.69, 9.17) is 4.74 Å². The van der Waals surface area contributed by atoms with E-state index in [1.807, 2.05) is 24.3 Å². The van der Waals surface area contributed by atoms with Crippen molar-refractivity contribution in [2.24, 2.45) is 5.92 Å². The van der Waals surface area contributed by atoms with Crippen LogP contribution in [0.3, 0.4) is 0 Å². The Balaban J connectivity index is 1.70. The average molecular weight is 324 g/mol. The molecule has 5 nitrogen and oxygen atoms in total. The van der Waals surface area contributed by atoms with E-state index < -0.39 is 0 Å². The molecule has 124 valence electrons. The van der Waals surface area contributed by atoms with Gasteiger partial charge in [0.2, 0.25) is 5.91 Å². The molecule has 1 atom stereocenters. The number of ether oxygens (including phenoxy) is 1. The minimum Gasteiger partial charge on any atom is -0.492 e. The Morgan fingerprint density at radius 1 is 1.12 bits per heavy atom. The molecule has 2 aromatic carbocycles. The molecule has 1 unspecified atom stereocenters. The van der Waals surface area contributed by atoms with E-state index >= 15 is 0 Å². The Morgan fingerprint density at radius 2 is 1.92 bits per heavy atom. The Labute approximate surface area is 141 Å². The fraction of sp³-hybridized carbons (Fsp3) is 0.263. The number of rotatable bonds is 3. The van der Waals surface area contributed by atoms with Crippen molar-refractivity contribution in [3.05, 3.63) is 59.7 Å². The lowest BCUT2D eigenvalue weighted by molar-refractivity contribution is -0.121. The molecule has 24 heavy (non-hydrogen) atoms. The van der Waals surface area contributed by atoms with E-state index in [0.29, 0.717) is 24.3 Å². The molecule has 0 saturated heterocycles. The molecule has 0 radical (unpaired) electrons. The van der Waals surface area contributed by atoms with Crippen molar-refractivity contribution in [2.75, 3.05) is 26.0 Å². The lowest BCUT2D eigenvalue weighted by Gasteiger charge is -2.24. The number of hydrogen-bond acceptors (Lipinski definition) is 3. The van der Waals surface area contributed by atoms with Crippen LogP contribution in [0.4, 0.5) is 5.69 Å². The van der Waals surface area contributed by atoms with Gasteiger partial charge in [-0.3, -0.25) is 9.59 Å². The van der Waals surface area contributed by atoms with Crippen molar-refractivity contribution in [2.45, 2.75) is 6.42 Å². The highest BCUT2D eigenvalue weighted by Crippen LogP contribution is 2.27. The number of benzene rings is 2. The first-order chi connectivity index (χ1) is 11.5. The van der Waals surface area contributed by atoms with Gasteiger partial charge in [0.05, 0.1) is 5.92 Å². The zero-order chi connectivity index (χ0) is 17.1. The van der Waals surface area contributed by atoms with Gasteiger partial charge in [0.25, 0.3) is 5.91 Å². The van der Waals surface area contributed by atoms with Crippen molar-refractivity contribution in [1.29, 1.82) is 0 Å². The van der Waals surface area contributed by atoms with E-state index in [-0.39, 0.29) is 17.7 Å². The van der Waals surface area contributed by atoms with Crippen LogP contribution in [0.5, 0.6) is 5.75 Å². The summed E-state index contributed by atoms with van der Waals surface area (Å²) in [5.41, 5.74) is 2.20. The van der Waals surface area contributed by atoms with Crippen LogP contribution in [0.1, 0.15) is 15.9 Å². The van der Waals surface area contributed by atoms with Crippen LogP contribution in [0.25, 0.3) is 0 Å². The zero-order valence-electron chi connectivity index (χ0n) is 13.8. The Hall–Kier alpha value is -2.82. The second kappa shape index (κ2) is 6.74. The predicted molar refractivity (Wildman–Crippen MR) is 92.2 cm³/mol. The monoisotopic (exact) mass is 324 g/mol. The number of anilines is 1. The third-order valence-corrected chi connectivity index (χ3v) is 4.03. The zero-order valence-corrected chi connectivity index (χ0v) is 13.8. The molecule has 2 amide bonds. The number of para-hydroxylation sites is 1. The normalized spacial score (nSPS) is 15.8. The van der Waals surface area contributed by atoms with Crippen LogP contribution in [0, 0.1) is 5.92 Å². The number of fused-ring (bicyclic) bond motifs is 1. The molecule has 0 aromatic heterocycles. The smallest absolute Gasteiger partial charge is 0.253 e. The van der Waals surface area contributed by atoms with E-state index in [1.165, 1.54) is 4.90 Å². The summed E-state index contributed by atoms with van der Waals surface area (Å²) in [7, 11) is 3.40. The standard InChI is InChI=1S/C19H20N2O3/c1-21(2)19(23)14-7-5-8-16(11-14)20-18(22)15-10-13-6-3-4-9-17(13)24-12-15/h3-9,11,15H,10,12H2,1-2H3,(H,20,22). The predicted octanol–water partition coefficient (Wildman–Crippen LogP) is 2.58. The molecule has 1 N–H and O–H groups in total. The van der Waals surface area contributed by atoms with Crippen molar-refractivity contribution in [3.63, 3.8) is 0 Å². The summed E-state index contributed by atoms with van der Waals surface area (Å²) < 4.78 is 5.67. The average Bonchev–Trinajstić information content (AvgIpc) is 2.60. The number of nitrogens with one attached hydrogen (secondary N) is 1. The van der Waals surface area contributed by atoms with Gasteiger partial charge in [0.15, 0.2) is 0 Å². The Kier molecular flexibility index (Phi) is 4.51. The van der Waals surface area contributed by atoms with Gasteiger partial charge in [-0.05, 0) is 36.2 Å². The minimum atomic E-state index is -0.242. The number of carbonyl (C=O) groups is 2. The van der Waals surface area contributed by atoms with E-state index in [2.05, 4.69) is 5.32 Å². The van der Waals surface area contributed by atoms with E-state index in [9.17, 15) is 9.59 Å². The Bertz CT molecular complexity index is 771. The summed E-state index contributed by atoms with van der Waals surface area (Å²) in [5.74, 6) is 0.410. The highest BCUT2D eigenvalue weighted by Gasteiger charge is 2.26. The number of nitrogens with zero attached hydrogens (tertiary/aromatic N) is 1. The molecule has 0 aliphatic carbocycles. The topological polar surface area (TPSA) is 58.6 Å². The van der Waals surface area contributed by atoms with Gasteiger partial charge in [-0.1, -0.05) is 24.3 Å². The molecule has 1 aliphatic rings. The third kappa shape index (κ3) is 3.40. The minimum absolute atomic E-state index is 0.0963. The quantitative estimate of drug-likeness (QED) is 0.944. The summed E-state index contributed by atoms with van der Waals surface area (Å²) in [5, 5.41) is 2.89. The maximum Gasteiger partial charge on any atom is 0.253 e. The molecule has 1 aliphatic heterocycles. The van der Waals surface area contributed by atoms with Crippen LogP contribution in [-0.4, -0.2) is 37.4 Å². The van der Waals surface area contributed by atoms with Crippen molar-refractivity contribution < 1.29 is 14.3 Å². The number of amides is 2. The van der Waals surface area contributed by atoms with Gasteiger partial charge < -0.3 is 15.0 Å². The van der Waals surface area contributed by atoms with Gasteiger partial charge in [-0.2, -0.15) is 0 Å². The fourth-order valence-electron chi connectivity index (χ4n) is 2.73. The van der Waals surface area contributed by atoms with E-state index in [1.54, 1.807) is 38.4 Å². The molecule has 3 rings (SSSR count). The maximum absolute atomic E-state index is 12.5. The second-order valence-corrected chi connectivity index (χ2v) is 6.09. The van der Waals surface area contributed by atoms with Gasteiger partial charge >= 0.3 is 0 Å². The summed E-state index contributed by atoms with van der Waals surface area (Å²) in [6.07, 6.45) is 0.651. The molecule has 0 saturated carbocycles. The molecule has 0 fully saturated rings. The summed E-state index contributed by atoms with van der Waals surface area (Å²) >= 11 is 0. The Morgan fingerprint density at radius 3 is 2.71 bits per heavy atom. The second-order valence-electron chi connectivity index (χ2n) is 6.09. The number of carbonyl (C=O) groups excluding carboxylic acids is 2. The molecule has 5 heteroatoms. The van der Waals surface area contributed by atoms with Crippen molar-refractivity contribution >= 4 is 17.5 Å². The summed E-state index contributed by atoms with van der Waals surface area (Å²) in [4.78, 5) is 26.0. The molecule has 1 heterocycles. The lowest BCUT2D eigenvalue weighted by Crippen LogP contribution is -2.32. The van der Waals surface area contributed by atoms with Gasteiger partial charge in [0.1, 0.15) is 12.4 Å². The molecular weight excluding hydrogens is 304 g/mol. The summed E-state index contributed by atoms with van der Waals surface area (Å²) in [6, 6.07) is 14.7. The highest BCUT2D eigenvalue weighted by molar-refractivity contribution is 5.97. The van der Waals surface area contributed by atoms with Crippen LogP contribution in [0.2, 0.25) is 0 Å². The van der Waals surface area contributed by atoms with Gasteiger partial charge in [-0.15, -0.1) is 0 Å². The summed E-state index contributed by atoms with van der Waals surface area (Å²) in [6.45, 7) is 0.360.